The first-order chi connectivity index (χ1) is 12.6. The number of rotatable bonds is 3. The number of carbonyl (C=O) groups excluding carboxylic acids is 1. The third-order valence-electron chi connectivity index (χ3n) is 4.95. The lowest BCUT2D eigenvalue weighted by Crippen LogP contribution is -2.41. The van der Waals surface area contributed by atoms with Crippen LogP contribution in [0, 0.1) is 6.92 Å². The maximum Gasteiger partial charge on any atom is 0.274 e. The predicted molar refractivity (Wildman–Crippen MR) is 95.1 cm³/mol. The summed E-state index contributed by atoms with van der Waals surface area (Å²) < 4.78 is 11.0. The lowest BCUT2D eigenvalue weighted by atomic mass is 10.0. The van der Waals surface area contributed by atoms with Crippen LogP contribution in [0.25, 0.3) is 0 Å². The Hall–Kier alpha value is -2.45. The maximum absolute atomic E-state index is 12.6. The van der Waals surface area contributed by atoms with Gasteiger partial charge >= 0.3 is 0 Å². The Morgan fingerprint density at radius 3 is 2.77 bits per heavy atom. The summed E-state index contributed by atoms with van der Waals surface area (Å²) in [7, 11) is 0. The zero-order chi connectivity index (χ0) is 18.1. The molecule has 2 atom stereocenters. The zero-order valence-electron chi connectivity index (χ0n) is 14.8. The van der Waals surface area contributed by atoms with Crippen LogP contribution in [0.2, 0.25) is 0 Å². The van der Waals surface area contributed by atoms with E-state index in [2.05, 4.69) is 14.9 Å². The summed E-state index contributed by atoms with van der Waals surface area (Å²) in [6.07, 6.45) is 3.20. The van der Waals surface area contributed by atoms with Crippen molar-refractivity contribution >= 4 is 11.7 Å². The molecular formula is C18H23N5O3. The molecule has 4 rings (SSSR count). The van der Waals surface area contributed by atoms with Gasteiger partial charge < -0.3 is 24.7 Å². The van der Waals surface area contributed by atoms with Gasteiger partial charge in [-0.25, -0.2) is 4.98 Å². The first kappa shape index (κ1) is 17.0. The molecule has 0 spiro atoms. The van der Waals surface area contributed by atoms with Gasteiger partial charge in [0.1, 0.15) is 23.0 Å². The number of nitrogens with zero attached hydrogens (tertiary/aromatic N) is 4. The van der Waals surface area contributed by atoms with Crippen LogP contribution in [0.15, 0.2) is 28.9 Å². The van der Waals surface area contributed by atoms with Crippen molar-refractivity contribution in [2.24, 2.45) is 5.73 Å². The Morgan fingerprint density at radius 2 is 2.04 bits per heavy atom. The van der Waals surface area contributed by atoms with Crippen molar-refractivity contribution in [3.63, 3.8) is 0 Å². The van der Waals surface area contributed by atoms with Gasteiger partial charge in [-0.15, -0.1) is 0 Å². The van der Waals surface area contributed by atoms with E-state index >= 15 is 0 Å². The minimum Gasteiger partial charge on any atom is -0.466 e. The molecule has 0 saturated carbocycles. The molecule has 1 amide bonds. The van der Waals surface area contributed by atoms with Crippen LogP contribution in [0.5, 0.6) is 0 Å². The lowest BCUT2D eigenvalue weighted by molar-refractivity contribution is 0.0299. The predicted octanol–water partition coefficient (Wildman–Crippen LogP) is 0.782. The van der Waals surface area contributed by atoms with Crippen LogP contribution in [0.1, 0.15) is 27.9 Å². The van der Waals surface area contributed by atoms with E-state index in [0.717, 1.165) is 11.5 Å². The molecule has 4 heterocycles. The van der Waals surface area contributed by atoms with Gasteiger partial charge in [0.25, 0.3) is 5.91 Å². The molecular weight excluding hydrogens is 334 g/mol. The van der Waals surface area contributed by atoms with Crippen LogP contribution in [-0.4, -0.2) is 66.2 Å². The molecule has 2 aromatic rings. The van der Waals surface area contributed by atoms with E-state index in [0.29, 0.717) is 50.9 Å². The van der Waals surface area contributed by atoms with Gasteiger partial charge in [-0.2, -0.15) is 0 Å². The fourth-order valence-corrected chi connectivity index (χ4v) is 3.51. The molecule has 8 nitrogen and oxygen atoms in total. The molecule has 2 fully saturated rings. The minimum absolute atomic E-state index is 0.0547. The summed E-state index contributed by atoms with van der Waals surface area (Å²) in [5.41, 5.74) is 6.68. The molecule has 0 radical (unpaired) electrons. The van der Waals surface area contributed by atoms with Gasteiger partial charge in [-0.3, -0.25) is 9.78 Å². The van der Waals surface area contributed by atoms with Gasteiger partial charge in [0.15, 0.2) is 0 Å². The summed E-state index contributed by atoms with van der Waals surface area (Å²) >= 11 is 0. The molecule has 0 bridgehead atoms. The molecule has 2 saturated heterocycles. The number of hydrogen-bond donors (Lipinski definition) is 1. The Kier molecular flexibility index (Phi) is 4.60. The third kappa shape index (κ3) is 3.30. The third-order valence-corrected chi connectivity index (χ3v) is 4.95. The van der Waals surface area contributed by atoms with Gasteiger partial charge in [0, 0.05) is 32.2 Å². The largest absolute Gasteiger partial charge is 0.466 e. The van der Waals surface area contributed by atoms with E-state index < -0.39 is 0 Å². The Bertz CT molecular complexity index is 787. The summed E-state index contributed by atoms with van der Waals surface area (Å²) in [6, 6.07) is 3.88. The van der Waals surface area contributed by atoms with E-state index in [1.165, 1.54) is 6.20 Å². The van der Waals surface area contributed by atoms with Crippen molar-refractivity contribution in [2.75, 3.05) is 44.3 Å². The van der Waals surface area contributed by atoms with Crippen LogP contribution >= 0.6 is 0 Å². The van der Waals surface area contributed by atoms with Crippen molar-refractivity contribution in [1.29, 1.82) is 0 Å². The van der Waals surface area contributed by atoms with E-state index in [1.807, 2.05) is 19.1 Å². The lowest BCUT2D eigenvalue weighted by Gasteiger charge is -2.26. The second-order valence-corrected chi connectivity index (χ2v) is 6.79. The van der Waals surface area contributed by atoms with Crippen molar-refractivity contribution < 1.29 is 13.9 Å². The smallest absolute Gasteiger partial charge is 0.274 e. The number of amides is 1. The first-order valence-electron chi connectivity index (χ1n) is 8.88. The Labute approximate surface area is 151 Å². The second kappa shape index (κ2) is 7.05. The number of morpholine rings is 1. The van der Waals surface area contributed by atoms with Gasteiger partial charge in [-0.05, 0) is 19.1 Å². The summed E-state index contributed by atoms with van der Waals surface area (Å²) in [4.78, 5) is 25.2. The topological polar surface area (TPSA) is 97.7 Å². The van der Waals surface area contributed by atoms with Crippen LogP contribution in [0.4, 0.5) is 5.82 Å². The van der Waals surface area contributed by atoms with Crippen molar-refractivity contribution in [2.45, 2.75) is 18.9 Å². The summed E-state index contributed by atoms with van der Waals surface area (Å²) in [6.45, 7) is 5.55. The van der Waals surface area contributed by atoms with Crippen LogP contribution < -0.4 is 10.6 Å². The highest BCUT2D eigenvalue weighted by atomic mass is 16.5. The molecule has 2 aromatic heterocycles. The molecule has 26 heavy (non-hydrogen) atoms. The summed E-state index contributed by atoms with van der Waals surface area (Å²) in [5.74, 6) is 2.44. The molecule has 138 valence electrons. The number of nitrogens with two attached hydrogens (primary N) is 1. The molecule has 0 aromatic carbocycles. The van der Waals surface area contributed by atoms with Gasteiger partial charge in [0.05, 0.1) is 31.5 Å². The highest BCUT2D eigenvalue weighted by molar-refractivity contribution is 5.92. The van der Waals surface area contributed by atoms with Crippen molar-refractivity contribution in [3.05, 3.63) is 41.7 Å². The average molecular weight is 357 g/mol. The number of ether oxygens (including phenoxy) is 1. The van der Waals surface area contributed by atoms with E-state index in [1.54, 1.807) is 11.1 Å². The minimum atomic E-state index is -0.107. The van der Waals surface area contributed by atoms with E-state index in [-0.39, 0.29) is 17.9 Å². The number of aromatic nitrogens is 2. The standard InChI is InChI=1S/C18H23N5O3/c1-12-2-3-16(26-12)13-10-23(11-14(13)19)17-9-20-8-15(21-17)18(24)22-4-6-25-7-5-22/h2-3,8-9,13-14H,4-7,10-11,19H2,1H3/t13-,14-/m0/s1. The number of anilines is 1. The highest BCUT2D eigenvalue weighted by Crippen LogP contribution is 2.30. The SMILES string of the molecule is Cc1ccc([C@H]2CN(c3cncc(C(=O)N4CCOCC4)n3)C[C@@H]2N)o1. The number of aryl methyl sites for hydroxylation is 1. The maximum atomic E-state index is 12.6. The number of carbonyl (C=O) groups is 1. The first-order valence-corrected chi connectivity index (χ1v) is 8.88. The molecule has 0 aliphatic carbocycles. The quantitative estimate of drug-likeness (QED) is 0.867. The molecule has 0 unspecified atom stereocenters. The Morgan fingerprint density at radius 1 is 1.23 bits per heavy atom. The van der Waals surface area contributed by atoms with Crippen molar-refractivity contribution in [1.82, 2.24) is 14.9 Å². The molecule has 8 heteroatoms. The fourth-order valence-electron chi connectivity index (χ4n) is 3.51. The van der Waals surface area contributed by atoms with Crippen LogP contribution in [0.3, 0.4) is 0 Å². The highest BCUT2D eigenvalue weighted by Gasteiger charge is 2.34. The van der Waals surface area contributed by atoms with E-state index in [9.17, 15) is 4.79 Å². The second-order valence-electron chi connectivity index (χ2n) is 6.79. The normalized spacial score (nSPS) is 23.5. The molecule has 2 aliphatic heterocycles. The van der Waals surface area contributed by atoms with Crippen molar-refractivity contribution in [3.8, 4) is 0 Å². The zero-order valence-corrected chi connectivity index (χ0v) is 14.8. The van der Waals surface area contributed by atoms with E-state index in [4.69, 9.17) is 14.9 Å². The molecule has 2 aliphatic rings. The molecule has 2 N–H and O–H groups in total. The van der Waals surface area contributed by atoms with Crippen LogP contribution in [-0.2, 0) is 4.74 Å². The fraction of sp³-hybridized carbons (Fsp3) is 0.500. The summed E-state index contributed by atoms with van der Waals surface area (Å²) in [5, 5.41) is 0. The monoisotopic (exact) mass is 357 g/mol. The Balaban J connectivity index is 1.50. The van der Waals surface area contributed by atoms with Gasteiger partial charge in [-0.1, -0.05) is 0 Å². The number of furan rings is 1. The number of hydrogen-bond acceptors (Lipinski definition) is 7. The average Bonchev–Trinajstić information content (AvgIpc) is 3.27. The van der Waals surface area contributed by atoms with Gasteiger partial charge in [0.2, 0.25) is 0 Å².